The molecule has 120 valence electrons. The molecular weight excluding hydrogens is 295 g/mol. The van der Waals surface area contributed by atoms with Gasteiger partial charge in [0.05, 0.1) is 6.21 Å². The SMILES string of the molecule is CC(C)c1ccc(NC(=O)CO/N=C/c2ccc(F)cc2)cc1. The average Bonchev–Trinajstić information content (AvgIpc) is 2.54. The van der Waals surface area contributed by atoms with Crippen LogP contribution in [0.2, 0.25) is 0 Å². The van der Waals surface area contributed by atoms with E-state index in [-0.39, 0.29) is 18.3 Å². The van der Waals surface area contributed by atoms with Crippen molar-refractivity contribution in [3.63, 3.8) is 0 Å². The minimum atomic E-state index is -0.314. The van der Waals surface area contributed by atoms with Crippen LogP contribution in [0.15, 0.2) is 53.7 Å². The lowest BCUT2D eigenvalue weighted by molar-refractivity contribution is -0.120. The van der Waals surface area contributed by atoms with Crippen molar-refractivity contribution < 1.29 is 14.0 Å². The van der Waals surface area contributed by atoms with E-state index in [1.807, 2.05) is 24.3 Å². The molecule has 0 bridgehead atoms. The van der Waals surface area contributed by atoms with Gasteiger partial charge in [-0.3, -0.25) is 4.79 Å². The van der Waals surface area contributed by atoms with Gasteiger partial charge in [0.25, 0.3) is 5.91 Å². The Bertz CT molecular complexity index is 664. The van der Waals surface area contributed by atoms with E-state index in [0.29, 0.717) is 17.2 Å². The van der Waals surface area contributed by atoms with Crippen molar-refractivity contribution in [2.75, 3.05) is 11.9 Å². The zero-order valence-electron chi connectivity index (χ0n) is 13.1. The Morgan fingerprint density at radius 3 is 2.43 bits per heavy atom. The lowest BCUT2D eigenvalue weighted by Crippen LogP contribution is -2.16. The summed E-state index contributed by atoms with van der Waals surface area (Å²) in [6, 6.07) is 13.5. The van der Waals surface area contributed by atoms with E-state index in [9.17, 15) is 9.18 Å². The highest BCUT2D eigenvalue weighted by Crippen LogP contribution is 2.16. The molecule has 0 radical (unpaired) electrons. The van der Waals surface area contributed by atoms with E-state index in [4.69, 9.17) is 4.84 Å². The van der Waals surface area contributed by atoms with E-state index in [0.717, 1.165) is 0 Å². The summed E-state index contributed by atoms with van der Waals surface area (Å²) in [6.07, 6.45) is 1.42. The van der Waals surface area contributed by atoms with E-state index < -0.39 is 0 Å². The second-order valence-corrected chi connectivity index (χ2v) is 5.38. The zero-order valence-corrected chi connectivity index (χ0v) is 13.1. The van der Waals surface area contributed by atoms with Gasteiger partial charge in [-0.15, -0.1) is 0 Å². The highest BCUT2D eigenvalue weighted by molar-refractivity contribution is 5.91. The Balaban J connectivity index is 1.77. The third kappa shape index (κ3) is 5.54. The molecule has 0 spiro atoms. The maximum atomic E-state index is 12.7. The number of hydrogen-bond donors (Lipinski definition) is 1. The Morgan fingerprint density at radius 2 is 1.83 bits per heavy atom. The number of halogens is 1. The lowest BCUT2D eigenvalue weighted by Gasteiger charge is -2.08. The molecule has 0 saturated carbocycles. The van der Waals surface area contributed by atoms with Crippen LogP contribution in [-0.4, -0.2) is 18.7 Å². The first-order chi connectivity index (χ1) is 11.0. The molecule has 0 unspecified atom stereocenters. The number of nitrogens with one attached hydrogen (secondary N) is 1. The van der Waals surface area contributed by atoms with Gasteiger partial charge in [-0.25, -0.2) is 4.39 Å². The number of nitrogens with zero attached hydrogens (tertiary/aromatic N) is 1. The van der Waals surface area contributed by atoms with Crippen LogP contribution in [0, 0.1) is 5.82 Å². The summed E-state index contributed by atoms with van der Waals surface area (Å²) in [4.78, 5) is 16.7. The van der Waals surface area contributed by atoms with E-state index >= 15 is 0 Å². The van der Waals surface area contributed by atoms with E-state index in [2.05, 4.69) is 24.3 Å². The molecule has 0 aliphatic carbocycles. The maximum absolute atomic E-state index is 12.7. The molecule has 0 fully saturated rings. The Morgan fingerprint density at radius 1 is 1.17 bits per heavy atom. The molecule has 0 aliphatic heterocycles. The first-order valence-electron chi connectivity index (χ1n) is 7.35. The van der Waals surface area contributed by atoms with Crippen LogP contribution in [0.3, 0.4) is 0 Å². The molecule has 0 aliphatic rings. The molecule has 2 rings (SSSR count). The van der Waals surface area contributed by atoms with Crippen LogP contribution in [0.1, 0.15) is 30.9 Å². The van der Waals surface area contributed by atoms with Crippen molar-refractivity contribution in [3.05, 3.63) is 65.5 Å². The lowest BCUT2D eigenvalue weighted by atomic mass is 10.0. The molecule has 0 aromatic heterocycles. The summed E-state index contributed by atoms with van der Waals surface area (Å²) in [5, 5.41) is 6.41. The molecule has 23 heavy (non-hydrogen) atoms. The molecule has 0 atom stereocenters. The predicted molar refractivity (Wildman–Crippen MR) is 89.1 cm³/mol. The smallest absolute Gasteiger partial charge is 0.265 e. The summed E-state index contributed by atoms with van der Waals surface area (Å²) in [6.45, 7) is 4.03. The second-order valence-electron chi connectivity index (χ2n) is 5.38. The van der Waals surface area contributed by atoms with Crippen molar-refractivity contribution >= 4 is 17.8 Å². The van der Waals surface area contributed by atoms with Gasteiger partial charge in [-0.2, -0.15) is 0 Å². The van der Waals surface area contributed by atoms with Gasteiger partial charge in [-0.1, -0.05) is 43.3 Å². The molecule has 0 saturated heterocycles. The Labute approximate surface area is 135 Å². The van der Waals surface area contributed by atoms with Crippen molar-refractivity contribution in [3.8, 4) is 0 Å². The first-order valence-corrected chi connectivity index (χ1v) is 7.35. The molecule has 4 nitrogen and oxygen atoms in total. The highest BCUT2D eigenvalue weighted by Gasteiger charge is 2.04. The molecule has 0 heterocycles. The average molecular weight is 314 g/mol. The van der Waals surface area contributed by atoms with Crippen LogP contribution in [-0.2, 0) is 9.63 Å². The van der Waals surface area contributed by atoms with Crippen molar-refractivity contribution in [1.82, 2.24) is 0 Å². The van der Waals surface area contributed by atoms with Crippen LogP contribution >= 0.6 is 0 Å². The van der Waals surface area contributed by atoms with E-state index in [1.165, 1.54) is 23.9 Å². The van der Waals surface area contributed by atoms with Crippen LogP contribution in [0.5, 0.6) is 0 Å². The van der Waals surface area contributed by atoms with Gasteiger partial charge in [0.1, 0.15) is 5.82 Å². The quantitative estimate of drug-likeness (QED) is 0.648. The molecule has 1 amide bonds. The van der Waals surface area contributed by atoms with Crippen LogP contribution < -0.4 is 5.32 Å². The number of carbonyl (C=O) groups excluding carboxylic acids is 1. The summed E-state index contributed by atoms with van der Waals surface area (Å²) < 4.78 is 12.7. The number of anilines is 1. The van der Waals surface area contributed by atoms with Gasteiger partial charge >= 0.3 is 0 Å². The predicted octanol–water partition coefficient (Wildman–Crippen LogP) is 3.94. The number of oxime groups is 1. The molecule has 2 aromatic carbocycles. The van der Waals surface area contributed by atoms with Crippen LogP contribution in [0.4, 0.5) is 10.1 Å². The van der Waals surface area contributed by atoms with Gasteiger partial charge in [0.15, 0.2) is 6.61 Å². The van der Waals surface area contributed by atoms with Crippen molar-refractivity contribution in [1.29, 1.82) is 0 Å². The van der Waals surface area contributed by atoms with Gasteiger partial charge in [0.2, 0.25) is 0 Å². The first kappa shape index (κ1) is 16.7. The summed E-state index contributed by atoms with van der Waals surface area (Å²) in [7, 11) is 0. The van der Waals surface area contributed by atoms with Crippen molar-refractivity contribution in [2.45, 2.75) is 19.8 Å². The number of carbonyl (C=O) groups is 1. The third-order valence-corrected chi connectivity index (χ3v) is 3.20. The van der Waals surface area contributed by atoms with E-state index in [1.54, 1.807) is 12.1 Å². The zero-order chi connectivity index (χ0) is 16.7. The standard InChI is InChI=1S/C18H19FN2O2/c1-13(2)15-5-9-17(10-6-15)21-18(22)12-23-20-11-14-3-7-16(19)8-4-14/h3-11,13H,12H2,1-2H3,(H,21,22)/b20-11+. The number of hydrogen-bond acceptors (Lipinski definition) is 3. The Hall–Kier alpha value is -2.69. The second kappa shape index (κ2) is 8.08. The maximum Gasteiger partial charge on any atom is 0.265 e. The summed E-state index contributed by atoms with van der Waals surface area (Å²) in [5.41, 5.74) is 2.62. The number of amides is 1. The van der Waals surface area contributed by atoms with Gasteiger partial charge < -0.3 is 10.2 Å². The number of rotatable bonds is 6. The minimum absolute atomic E-state index is 0.191. The molecular formula is C18H19FN2O2. The normalized spacial score (nSPS) is 11.0. The van der Waals surface area contributed by atoms with Crippen molar-refractivity contribution in [2.24, 2.45) is 5.16 Å². The topological polar surface area (TPSA) is 50.7 Å². The third-order valence-electron chi connectivity index (χ3n) is 3.20. The van der Waals surface area contributed by atoms with Gasteiger partial charge in [-0.05, 0) is 41.3 Å². The summed E-state index contributed by atoms with van der Waals surface area (Å²) in [5.74, 6) is -0.159. The van der Waals surface area contributed by atoms with Gasteiger partial charge in [0, 0.05) is 5.69 Å². The fourth-order valence-corrected chi connectivity index (χ4v) is 1.89. The Kier molecular flexibility index (Phi) is 5.86. The fourth-order valence-electron chi connectivity index (χ4n) is 1.89. The molecule has 2 aromatic rings. The monoisotopic (exact) mass is 314 g/mol. The highest BCUT2D eigenvalue weighted by atomic mass is 19.1. The van der Waals surface area contributed by atoms with Crippen LogP contribution in [0.25, 0.3) is 0 Å². The number of benzene rings is 2. The fraction of sp³-hybridized carbons (Fsp3) is 0.222. The largest absolute Gasteiger partial charge is 0.386 e. The molecule has 1 N–H and O–H groups in total. The summed E-state index contributed by atoms with van der Waals surface area (Å²) >= 11 is 0. The minimum Gasteiger partial charge on any atom is -0.386 e. The molecule has 5 heteroatoms.